The molecular formula is C17H16N4O. The fourth-order valence-corrected chi connectivity index (χ4v) is 2.23. The largest absolute Gasteiger partial charge is 0.363 e. The number of rotatable bonds is 3. The summed E-state index contributed by atoms with van der Waals surface area (Å²) in [4.78, 5) is 15.7. The number of aromatic nitrogens is 3. The molecule has 0 atom stereocenters. The number of carbonyl (C=O) groups is 1. The first-order valence-electron chi connectivity index (χ1n) is 6.96. The van der Waals surface area contributed by atoms with Crippen molar-refractivity contribution in [2.45, 2.75) is 13.8 Å². The summed E-state index contributed by atoms with van der Waals surface area (Å²) in [6.45, 7) is 4.08. The van der Waals surface area contributed by atoms with Gasteiger partial charge in [0.2, 0.25) is 5.82 Å². The van der Waals surface area contributed by atoms with Crippen molar-refractivity contribution in [3.05, 3.63) is 65.5 Å². The molecule has 0 spiro atoms. The lowest BCUT2D eigenvalue weighted by atomic mass is 10.1. The van der Waals surface area contributed by atoms with Crippen molar-refractivity contribution in [3.8, 4) is 17.1 Å². The van der Waals surface area contributed by atoms with E-state index in [1.807, 2.05) is 62.4 Å². The van der Waals surface area contributed by atoms with Crippen molar-refractivity contribution < 1.29 is 4.79 Å². The Hall–Kier alpha value is -2.95. The number of carbonyl (C=O) groups excluding carboxylic acids is 1. The number of amides is 1. The topological polar surface area (TPSA) is 73.8 Å². The highest BCUT2D eigenvalue weighted by Crippen LogP contribution is 2.22. The van der Waals surface area contributed by atoms with E-state index in [0.29, 0.717) is 5.82 Å². The minimum atomic E-state index is -0.639. The van der Waals surface area contributed by atoms with Gasteiger partial charge < -0.3 is 5.73 Å². The lowest BCUT2D eigenvalue weighted by Gasteiger charge is -2.08. The molecule has 2 N–H and O–H groups in total. The number of hydrogen-bond acceptors (Lipinski definition) is 3. The van der Waals surface area contributed by atoms with Gasteiger partial charge in [-0.1, -0.05) is 36.4 Å². The highest BCUT2D eigenvalue weighted by Gasteiger charge is 2.16. The van der Waals surface area contributed by atoms with Crippen molar-refractivity contribution in [1.82, 2.24) is 14.8 Å². The first-order chi connectivity index (χ1) is 10.6. The predicted molar refractivity (Wildman–Crippen MR) is 84.8 cm³/mol. The molecule has 22 heavy (non-hydrogen) atoms. The van der Waals surface area contributed by atoms with E-state index in [9.17, 15) is 4.79 Å². The van der Waals surface area contributed by atoms with Gasteiger partial charge in [-0.15, -0.1) is 5.10 Å². The third kappa shape index (κ3) is 2.48. The molecule has 0 fully saturated rings. The average Bonchev–Trinajstić information content (AvgIpc) is 2.96. The van der Waals surface area contributed by atoms with Crippen LogP contribution < -0.4 is 5.73 Å². The van der Waals surface area contributed by atoms with Gasteiger partial charge in [-0.3, -0.25) is 4.79 Å². The van der Waals surface area contributed by atoms with Crippen molar-refractivity contribution in [3.63, 3.8) is 0 Å². The fraction of sp³-hybridized carbons (Fsp3) is 0.118. The Morgan fingerprint density at radius 2 is 1.77 bits per heavy atom. The average molecular weight is 292 g/mol. The van der Waals surface area contributed by atoms with Crippen LogP contribution in [0.1, 0.15) is 21.7 Å². The van der Waals surface area contributed by atoms with Crippen LogP contribution in [-0.4, -0.2) is 20.7 Å². The summed E-state index contributed by atoms with van der Waals surface area (Å²) in [6.07, 6.45) is 0. The molecule has 5 heteroatoms. The van der Waals surface area contributed by atoms with Crippen LogP contribution in [0.4, 0.5) is 0 Å². The van der Waals surface area contributed by atoms with E-state index in [4.69, 9.17) is 5.73 Å². The number of hydrogen-bond donors (Lipinski definition) is 1. The van der Waals surface area contributed by atoms with E-state index < -0.39 is 5.91 Å². The van der Waals surface area contributed by atoms with Crippen molar-refractivity contribution in [2.75, 3.05) is 0 Å². The van der Waals surface area contributed by atoms with Gasteiger partial charge >= 0.3 is 0 Å². The number of aryl methyl sites for hydroxylation is 2. The highest BCUT2D eigenvalue weighted by molar-refractivity contribution is 5.89. The van der Waals surface area contributed by atoms with Crippen LogP contribution in [0.2, 0.25) is 0 Å². The van der Waals surface area contributed by atoms with Crippen LogP contribution in [0.3, 0.4) is 0 Å². The monoisotopic (exact) mass is 292 g/mol. The van der Waals surface area contributed by atoms with Crippen molar-refractivity contribution in [2.24, 2.45) is 5.73 Å². The minimum absolute atomic E-state index is 0.0112. The zero-order valence-electron chi connectivity index (χ0n) is 12.4. The molecule has 1 aromatic heterocycles. The quantitative estimate of drug-likeness (QED) is 0.806. The van der Waals surface area contributed by atoms with Gasteiger partial charge in [0.05, 0.1) is 5.69 Å². The first-order valence-corrected chi connectivity index (χ1v) is 6.96. The molecule has 0 aliphatic rings. The van der Waals surface area contributed by atoms with Gasteiger partial charge in [0.15, 0.2) is 5.82 Å². The van der Waals surface area contributed by atoms with Gasteiger partial charge in [0.25, 0.3) is 5.91 Å². The van der Waals surface area contributed by atoms with Gasteiger partial charge in [0, 0.05) is 5.56 Å². The summed E-state index contributed by atoms with van der Waals surface area (Å²) < 4.78 is 1.65. The van der Waals surface area contributed by atoms with Gasteiger partial charge in [-0.05, 0) is 37.1 Å². The molecule has 3 aromatic rings. The predicted octanol–water partition coefficient (Wildman–Crippen LogP) is 2.65. The van der Waals surface area contributed by atoms with E-state index in [-0.39, 0.29) is 5.82 Å². The Morgan fingerprint density at radius 3 is 2.41 bits per heavy atom. The molecule has 0 saturated heterocycles. The molecule has 0 saturated carbocycles. The fourth-order valence-electron chi connectivity index (χ4n) is 2.23. The van der Waals surface area contributed by atoms with E-state index in [2.05, 4.69) is 10.1 Å². The molecule has 3 rings (SSSR count). The van der Waals surface area contributed by atoms with E-state index >= 15 is 0 Å². The SMILES string of the molecule is Cc1ccc(-n2nc(C(N)=O)nc2-c2ccccc2)cc1C. The standard InChI is InChI=1S/C17H16N4O/c1-11-8-9-14(10-12(11)2)21-17(13-6-4-3-5-7-13)19-16(20-21)15(18)22/h3-10H,1-2H3,(H2,18,22). The lowest BCUT2D eigenvalue weighted by Crippen LogP contribution is -2.13. The summed E-state index contributed by atoms with van der Waals surface area (Å²) in [5.41, 5.74) is 9.39. The van der Waals surface area contributed by atoms with Crippen LogP contribution in [0, 0.1) is 13.8 Å². The van der Waals surface area contributed by atoms with Crippen molar-refractivity contribution >= 4 is 5.91 Å². The third-order valence-electron chi connectivity index (χ3n) is 3.59. The summed E-state index contributed by atoms with van der Waals surface area (Å²) in [6, 6.07) is 15.6. The number of primary amides is 1. The second-order valence-corrected chi connectivity index (χ2v) is 5.17. The molecule has 0 unspecified atom stereocenters. The molecular weight excluding hydrogens is 276 g/mol. The van der Waals surface area contributed by atoms with Gasteiger partial charge in [0.1, 0.15) is 0 Å². The smallest absolute Gasteiger partial charge is 0.288 e. The molecule has 1 heterocycles. The van der Waals surface area contributed by atoms with E-state index in [0.717, 1.165) is 16.8 Å². The molecule has 1 amide bonds. The van der Waals surface area contributed by atoms with E-state index in [1.165, 1.54) is 5.56 Å². The molecule has 0 radical (unpaired) electrons. The van der Waals surface area contributed by atoms with Crippen LogP contribution >= 0.6 is 0 Å². The van der Waals surface area contributed by atoms with Crippen LogP contribution in [0.5, 0.6) is 0 Å². The van der Waals surface area contributed by atoms with E-state index in [1.54, 1.807) is 4.68 Å². The molecule has 0 bridgehead atoms. The van der Waals surface area contributed by atoms with Gasteiger partial charge in [-0.25, -0.2) is 9.67 Å². The Morgan fingerprint density at radius 1 is 1.05 bits per heavy atom. The maximum atomic E-state index is 11.4. The number of benzene rings is 2. The highest BCUT2D eigenvalue weighted by atomic mass is 16.1. The Bertz CT molecular complexity index is 837. The zero-order chi connectivity index (χ0) is 15.7. The second-order valence-electron chi connectivity index (χ2n) is 5.17. The van der Waals surface area contributed by atoms with Crippen molar-refractivity contribution in [1.29, 1.82) is 0 Å². The minimum Gasteiger partial charge on any atom is -0.363 e. The molecule has 110 valence electrons. The Kier molecular flexibility index (Phi) is 3.47. The van der Waals surface area contributed by atoms with Crippen LogP contribution in [-0.2, 0) is 0 Å². The molecule has 0 aliphatic carbocycles. The summed E-state index contributed by atoms with van der Waals surface area (Å²) in [7, 11) is 0. The molecule has 5 nitrogen and oxygen atoms in total. The summed E-state index contributed by atoms with van der Waals surface area (Å²) in [5.74, 6) is -0.0329. The number of nitrogens with zero attached hydrogens (tertiary/aromatic N) is 3. The van der Waals surface area contributed by atoms with Crippen LogP contribution in [0.25, 0.3) is 17.1 Å². The summed E-state index contributed by atoms with van der Waals surface area (Å²) in [5, 5.41) is 4.26. The molecule has 2 aromatic carbocycles. The normalized spacial score (nSPS) is 10.6. The van der Waals surface area contributed by atoms with Gasteiger partial charge in [-0.2, -0.15) is 0 Å². The Labute approximate surface area is 128 Å². The second kappa shape index (κ2) is 5.44. The summed E-state index contributed by atoms with van der Waals surface area (Å²) >= 11 is 0. The van der Waals surface area contributed by atoms with Crippen LogP contribution in [0.15, 0.2) is 48.5 Å². The first kappa shape index (κ1) is 14.0. The zero-order valence-corrected chi connectivity index (χ0v) is 12.4. The molecule has 0 aliphatic heterocycles. The Balaban J connectivity index is 2.21. The maximum Gasteiger partial charge on any atom is 0.288 e. The maximum absolute atomic E-state index is 11.4. The third-order valence-corrected chi connectivity index (χ3v) is 3.59. The lowest BCUT2D eigenvalue weighted by molar-refractivity contribution is 0.0990. The number of nitrogens with two attached hydrogens (primary N) is 1.